The van der Waals surface area contributed by atoms with Crippen LogP contribution in [-0.2, 0) is 13.6 Å². The van der Waals surface area contributed by atoms with Crippen LogP contribution in [-0.4, -0.2) is 15.7 Å². The Morgan fingerprint density at radius 3 is 2.45 bits per heavy atom. The number of ether oxygens (including phenoxy) is 1. The minimum absolute atomic E-state index is 0.0513. The first-order valence-corrected chi connectivity index (χ1v) is 6.98. The zero-order valence-corrected chi connectivity index (χ0v) is 12.2. The van der Waals surface area contributed by atoms with Crippen LogP contribution < -0.4 is 10.4 Å². The Morgan fingerprint density at radius 1 is 1.09 bits per heavy atom. The molecule has 0 N–H and O–H groups in total. The highest BCUT2D eigenvalue weighted by Gasteiger charge is 2.09. The van der Waals surface area contributed by atoms with Gasteiger partial charge in [-0.2, -0.15) is 5.26 Å². The van der Waals surface area contributed by atoms with Gasteiger partial charge in [-0.05, 0) is 36.4 Å². The third-order valence-electron chi connectivity index (χ3n) is 3.62. The fourth-order valence-corrected chi connectivity index (χ4v) is 2.46. The zero-order chi connectivity index (χ0) is 15.5. The Morgan fingerprint density at radius 2 is 1.77 bits per heavy atom. The standard InChI is InChI=1S/C17H15N3O2/c1-19-15-4-2-3-5-16(15)20(17(19)21)10-11-22-14-8-6-13(12-18)7-9-14/h2-9H,10-11H2,1H3. The van der Waals surface area contributed by atoms with Crippen LogP contribution >= 0.6 is 0 Å². The van der Waals surface area contributed by atoms with Crippen LogP contribution in [0.1, 0.15) is 5.56 Å². The lowest BCUT2D eigenvalue weighted by molar-refractivity contribution is 0.298. The van der Waals surface area contributed by atoms with E-state index in [2.05, 4.69) is 6.07 Å². The number of benzene rings is 2. The van der Waals surface area contributed by atoms with Gasteiger partial charge in [-0.3, -0.25) is 9.13 Å². The van der Waals surface area contributed by atoms with E-state index in [4.69, 9.17) is 10.00 Å². The number of hydrogen-bond acceptors (Lipinski definition) is 3. The Bertz CT molecular complexity index is 898. The minimum atomic E-state index is -0.0513. The summed E-state index contributed by atoms with van der Waals surface area (Å²) in [6, 6.07) is 16.7. The van der Waals surface area contributed by atoms with E-state index in [9.17, 15) is 4.79 Å². The fraction of sp³-hybridized carbons (Fsp3) is 0.176. The summed E-state index contributed by atoms with van der Waals surface area (Å²) in [7, 11) is 1.77. The van der Waals surface area contributed by atoms with E-state index < -0.39 is 0 Å². The van der Waals surface area contributed by atoms with Gasteiger partial charge in [0.15, 0.2) is 0 Å². The number of imidazole rings is 1. The molecule has 3 rings (SSSR count). The normalized spacial score (nSPS) is 10.5. The first-order valence-electron chi connectivity index (χ1n) is 6.98. The van der Waals surface area contributed by atoms with Crippen molar-refractivity contribution < 1.29 is 4.74 Å². The van der Waals surface area contributed by atoms with Gasteiger partial charge in [0, 0.05) is 7.05 Å². The molecule has 3 aromatic rings. The van der Waals surface area contributed by atoms with Gasteiger partial charge in [0.25, 0.3) is 0 Å². The van der Waals surface area contributed by atoms with Crippen molar-refractivity contribution in [3.63, 3.8) is 0 Å². The van der Waals surface area contributed by atoms with Crippen molar-refractivity contribution in [3.05, 3.63) is 64.6 Å². The third-order valence-corrected chi connectivity index (χ3v) is 3.62. The largest absolute Gasteiger partial charge is 0.492 e. The maximum atomic E-state index is 12.2. The van der Waals surface area contributed by atoms with Crippen molar-refractivity contribution in [2.45, 2.75) is 6.54 Å². The average molecular weight is 293 g/mol. The fourth-order valence-electron chi connectivity index (χ4n) is 2.46. The second-order valence-electron chi connectivity index (χ2n) is 4.97. The molecule has 0 aliphatic heterocycles. The molecule has 0 unspecified atom stereocenters. The molecule has 0 atom stereocenters. The Kier molecular flexibility index (Phi) is 3.67. The predicted octanol–water partition coefficient (Wildman–Crippen LogP) is 2.29. The van der Waals surface area contributed by atoms with Gasteiger partial charge >= 0.3 is 5.69 Å². The summed E-state index contributed by atoms with van der Waals surface area (Å²) in [4.78, 5) is 12.2. The summed E-state index contributed by atoms with van der Waals surface area (Å²) < 4.78 is 8.99. The molecule has 0 spiro atoms. The maximum absolute atomic E-state index is 12.2. The van der Waals surface area contributed by atoms with E-state index in [0.29, 0.717) is 24.5 Å². The second kappa shape index (κ2) is 5.78. The molecule has 0 aliphatic rings. The van der Waals surface area contributed by atoms with E-state index in [-0.39, 0.29) is 5.69 Å². The average Bonchev–Trinajstić information content (AvgIpc) is 2.81. The number of aryl methyl sites for hydroxylation is 1. The van der Waals surface area contributed by atoms with Gasteiger partial charge in [-0.15, -0.1) is 0 Å². The van der Waals surface area contributed by atoms with E-state index in [1.807, 2.05) is 24.3 Å². The number of nitrogens with zero attached hydrogens (tertiary/aromatic N) is 3. The van der Waals surface area contributed by atoms with Crippen LogP contribution in [0.25, 0.3) is 11.0 Å². The predicted molar refractivity (Wildman–Crippen MR) is 83.8 cm³/mol. The first kappa shape index (κ1) is 14.0. The quantitative estimate of drug-likeness (QED) is 0.741. The molecule has 5 nitrogen and oxygen atoms in total. The van der Waals surface area contributed by atoms with Crippen LogP contribution in [0.15, 0.2) is 53.3 Å². The summed E-state index contributed by atoms with van der Waals surface area (Å²) in [5.41, 5.74) is 2.35. The molecule has 0 aliphatic carbocycles. The molecule has 22 heavy (non-hydrogen) atoms. The van der Waals surface area contributed by atoms with Gasteiger partial charge in [0.2, 0.25) is 0 Å². The molecule has 0 saturated carbocycles. The van der Waals surface area contributed by atoms with Crippen LogP contribution in [0.5, 0.6) is 5.75 Å². The molecule has 0 saturated heterocycles. The SMILES string of the molecule is Cn1c(=O)n(CCOc2ccc(C#N)cc2)c2ccccc21. The van der Waals surface area contributed by atoms with Crippen molar-refractivity contribution in [2.24, 2.45) is 7.05 Å². The highest BCUT2D eigenvalue weighted by molar-refractivity contribution is 5.75. The topological polar surface area (TPSA) is 59.9 Å². The minimum Gasteiger partial charge on any atom is -0.492 e. The van der Waals surface area contributed by atoms with Gasteiger partial charge < -0.3 is 4.74 Å². The van der Waals surface area contributed by atoms with Crippen LogP contribution in [0.3, 0.4) is 0 Å². The summed E-state index contributed by atoms with van der Waals surface area (Å²) >= 11 is 0. The zero-order valence-electron chi connectivity index (χ0n) is 12.2. The Hall–Kier alpha value is -3.00. The van der Waals surface area contributed by atoms with Crippen LogP contribution in [0, 0.1) is 11.3 Å². The monoisotopic (exact) mass is 293 g/mol. The van der Waals surface area contributed by atoms with E-state index >= 15 is 0 Å². The molecule has 2 aromatic carbocycles. The highest BCUT2D eigenvalue weighted by atomic mass is 16.5. The molecule has 0 bridgehead atoms. The lowest BCUT2D eigenvalue weighted by Gasteiger charge is -2.07. The van der Waals surface area contributed by atoms with Crippen molar-refractivity contribution in [1.82, 2.24) is 9.13 Å². The molecule has 0 amide bonds. The summed E-state index contributed by atoms with van der Waals surface area (Å²) in [5, 5.41) is 8.76. The number of nitriles is 1. The highest BCUT2D eigenvalue weighted by Crippen LogP contribution is 2.13. The van der Waals surface area contributed by atoms with Gasteiger partial charge in [-0.1, -0.05) is 12.1 Å². The van der Waals surface area contributed by atoms with Crippen molar-refractivity contribution >= 4 is 11.0 Å². The van der Waals surface area contributed by atoms with Crippen LogP contribution in [0.4, 0.5) is 0 Å². The van der Waals surface area contributed by atoms with Crippen LogP contribution in [0.2, 0.25) is 0 Å². The number of para-hydroxylation sites is 2. The first-order chi connectivity index (χ1) is 10.7. The van der Waals surface area contributed by atoms with Gasteiger partial charge in [0.05, 0.1) is 29.2 Å². The molecule has 1 heterocycles. The smallest absolute Gasteiger partial charge is 0.328 e. The number of hydrogen-bond donors (Lipinski definition) is 0. The molecule has 110 valence electrons. The van der Waals surface area contributed by atoms with E-state index in [1.54, 1.807) is 40.4 Å². The maximum Gasteiger partial charge on any atom is 0.328 e. The Labute approximate surface area is 127 Å². The summed E-state index contributed by atoms with van der Waals surface area (Å²) in [6.45, 7) is 0.861. The molecule has 5 heteroatoms. The summed E-state index contributed by atoms with van der Waals surface area (Å²) in [6.07, 6.45) is 0. The third kappa shape index (κ3) is 2.47. The number of aromatic nitrogens is 2. The van der Waals surface area contributed by atoms with E-state index in [0.717, 1.165) is 11.0 Å². The van der Waals surface area contributed by atoms with Gasteiger partial charge in [0.1, 0.15) is 12.4 Å². The number of fused-ring (bicyclic) bond motifs is 1. The lowest BCUT2D eigenvalue weighted by Crippen LogP contribution is -2.24. The second-order valence-corrected chi connectivity index (χ2v) is 4.97. The molecule has 1 aromatic heterocycles. The summed E-state index contributed by atoms with van der Waals surface area (Å²) in [5.74, 6) is 0.687. The van der Waals surface area contributed by atoms with E-state index in [1.165, 1.54) is 0 Å². The Balaban J connectivity index is 1.75. The van der Waals surface area contributed by atoms with Crippen molar-refractivity contribution in [1.29, 1.82) is 5.26 Å². The molecule has 0 radical (unpaired) electrons. The molecule has 0 fully saturated rings. The van der Waals surface area contributed by atoms with Crippen molar-refractivity contribution in [3.8, 4) is 11.8 Å². The lowest BCUT2D eigenvalue weighted by atomic mass is 10.2. The van der Waals surface area contributed by atoms with Gasteiger partial charge in [-0.25, -0.2) is 4.79 Å². The molecular weight excluding hydrogens is 278 g/mol. The van der Waals surface area contributed by atoms with Crippen molar-refractivity contribution in [2.75, 3.05) is 6.61 Å². The number of rotatable bonds is 4. The molecular formula is C17H15N3O2.